The molecule has 0 saturated heterocycles. The maximum absolute atomic E-state index is 2.43. The monoisotopic (exact) mass is 628 g/mol. The highest BCUT2D eigenvalue weighted by atomic mass is 32.1. The molecule has 0 nitrogen and oxygen atoms in total. The van der Waals surface area contributed by atoms with Gasteiger partial charge >= 0.3 is 0 Å². The summed E-state index contributed by atoms with van der Waals surface area (Å²) in [7, 11) is 0. The lowest BCUT2D eigenvalue weighted by molar-refractivity contribution is 1.15. The van der Waals surface area contributed by atoms with Crippen LogP contribution in [-0.4, -0.2) is 0 Å². The molecule has 2 heteroatoms. The topological polar surface area (TPSA) is 0 Å². The quantitative estimate of drug-likeness (QED) is 0.125. The summed E-state index contributed by atoms with van der Waals surface area (Å²) < 4.78 is 4.29. The van der Waals surface area contributed by atoms with E-state index in [-0.39, 0.29) is 0 Å². The molecular formula is C45H24S2. The van der Waals surface area contributed by atoms with E-state index in [0.29, 0.717) is 0 Å². The molecule has 0 N–H and O–H groups in total. The van der Waals surface area contributed by atoms with E-state index in [0.717, 1.165) is 6.42 Å². The predicted molar refractivity (Wildman–Crippen MR) is 202 cm³/mol. The van der Waals surface area contributed by atoms with Crippen LogP contribution in [0.25, 0.3) is 85.5 Å². The number of fused-ring (bicyclic) bond motifs is 8. The van der Waals surface area contributed by atoms with Crippen molar-refractivity contribution in [2.45, 2.75) is 20.3 Å². The highest BCUT2D eigenvalue weighted by molar-refractivity contribution is 7.17. The molecule has 0 radical (unpaired) electrons. The second kappa shape index (κ2) is 7.74. The minimum atomic E-state index is 1.07. The summed E-state index contributed by atoms with van der Waals surface area (Å²) in [6.45, 7) is 4.48. The third-order valence-corrected chi connectivity index (χ3v) is 14.0. The summed E-state index contributed by atoms with van der Waals surface area (Å²) >= 11 is 3.91. The van der Waals surface area contributed by atoms with Crippen LogP contribution in [0.4, 0.5) is 0 Å². The Kier molecular flexibility index (Phi) is 3.99. The normalized spacial score (nSPS) is 13.4. The zero-order chi connectivity index (χ0) is 30.4. The van der Waals surface area contributed by atoms with Gasteiger partial charge in [-0.3, -0.25) is 0 Å². The number of benzene rings is 9. The van der Waals surface area contributed by atoms with Crippen molar-refractivity contribution in [1.29, 1.82) is 0 Å². The van der Waals surface area contributed by atoms with Gasteiger partial charge in [-0.25, -0.2) is 0 Å². The molecule has 0 atom stereocenters. The Morgan fingerprint density at radius 2 is 0.872 bits per heavy atom. The van der Waals surface area contributed by atoms with Gasteiger partial charge in [-0.1, -0.05) is 91.9 Å². The van der Waals surface area contributed by atoms with Gasteiger partial charge < -0.3 is 0 Å². The largest absolute Gasteiger partial charge is 0.140 e. The summed E-state index contributed by atoms with van der Waals surface area (Å²) in [4.78, 5) is 1.39. The first-order valence-corrected chi connectivity index (χ1v) is 18.3. The Morgan fingerprint density at radius 3 is 1.47 bits per heavy atom. The predicted octanol–water partition coefficient (Wildman–Crippen LogP) is 12.6. The minimum Gasteiger partial charge on any atom is -0.140 e. The number of thiophene rings is 2. The molecule has 9 aromatic carbocycles. The fourth-order valence-electron chi connectivity index (χ4n) is 9.83. The van der Waals surface area contributed by atoms with Crippen LogP contribution in [-0.2, 0) is 6.42 Å². The molecule has 13 rings (SSSR count). The molecular weight excluding hydrogens is 605 g/mol. The van der Waals surface area contributed by atoms with E-state index < -0.39 is 0 Å². The van der Waals surface area contributed by atoms with Gasteiger partial charge in [0.25, 0.3) is 0 Å². The zero-order valence-electron chi connectivity index (χ0n) is 25.8. The molecule has 2 aromatic heterocycles. The fourth-order valence-corrected chi connectivity index (χ4v) is 12.2. The average Bonchev–Trinajstić information content (AvgIpc) is 3.84. The van der Waals surface area contributed by atoms with E-state index in [1.807, 2.05) is 22.7 Å². The van der Waals surface area contributed by atoms with Crippen LogP contribution >= 0.6 is 22.7 Å². The van der Waals surface area contributed by atoms with Crippen molar-refractivity contribution in [2.75, 3.05) is 0 Å². The first-order chi connectivity index (χ1) is 23.2. The van der Waals surface area contributed by atoms with Gasteiger partial charge in [0.15, 0.2) is 0 Å². The molecule has 2 aliphatic carbocycles. The van der Waals surface area contributed by atoms with E-state index in [4.69, 9.17) is 0 Å². The van der Waals surface area contributed by atoms with Gasteiger partial charge in [0, 0.05) is 44.9 Å². The standard InChI is InChI=1S/C45H24S2/c1-3-21-4-5-31-36(19-21)47-45-34-17-14-29-25-9-6-22-26-10-11-30-35-18-20(2)46-44(35)33-16-13-28(39(26)41(30)33)24-8-7-23(38(25)37(22)24)27-12-15-32(43(31)45)42(34)40(27)29/h4-19H,3H2,1-2H3. The van der Waals surface area contributed by atoms with Crippen LogP contribution in [0.2, 0.25) is 0 Å². The van der Waals surface area contributed by atoms with Crippen LogP contribution in [0.1, 0.15) is 17.4 Å². The number of rotatable bonds is 1. The Bertz CT molecular complexity index is 3590. The van der Waals surface area contributed by atoms with E-state index in [1.54, 1.807) is 0 Å². The summed E-state index contributed by atoms with van der Waals surface area (Å²) in [5.74, 6) is 0. The zero-order valence-corrected chi connectivity index (χ0v) is 27.4. The van der Waals surface area contributed by atoms with E-state index in [9.17, 15) is 0 Å². The van der Waals surface area contributed by atoms with Crippen molar-refractivity contribution in [3.63, 3.8) is 0 Å². The lowest BCUT2D eigenvalue weighted by Gasteiger charge is -2.19. The van der Waals surface area contributed by atoms with Crippen molar-refractivity contribution in [3.8, 4) is 0 Å². The van der Waals surface area contributed by atoms with Gasteiger partial charge in [-0.15, -0.1) is 22.7 Å². The lowest BCUT2D eigenvalue weighted by Crippen LogP contribution is -1.92. The number of aryl methyl sites for hydroxylation is 2. The van der Waals surface area contributed by atoms with E-state index in [1.165, 1.54) is 136 Å². The number of hydrogen-bond acceptors (Lipinski definition) is 2. The van der Waals surface area contributed by atoms with Gasteiger partial charge in [0.05, 0.1) is 0 Å². The molecule has 0 amide bonds. The van der Waals surface area contributed by atoms with Gasteiger partial charge in [0.2, 0.25) is 0 Å². The third kappa shape index (κ3) is 2.56. The smallest absolute Gasteiger partial charge is 0.0440 e. The van der Waals surface area contributed by atoms with Crippen molar-refractivity contribution in [3.05, 3.63) is 148 Å². The molecule has 0 spiro atoms. The minimum absolute atomic E-state index is 1.07. The van der Waals surface area contributed by atoms with Crippen LogP contribution in [0.5, 0.6) is 0 Å². The molecule has 0 fully saturated rings. The Morgan fingerprint density at radius 1 is 0.404 bits per heavy atom. The Balaban J connectivity index is 1.24. The van der Waals surface area contributed by atoms with Gasteiger partial charge in [-0.05, 0) is 117 Å². The third-order valence-electron chi connectivity index (χ3n) is 11.7. The molecule has 216 valence electrons. The fraction of sp³-hybridized carbons (Fsp3) is 0.0667. The molecule has 0 aliphatic heterocycles. The van der Waals surface area contributed by atoms with Gasteiger partial charge in [0.1, 0.15) is 0 Å². The molecule has 2 aliphatic rings. The lowest BCUT2D eigenvalue weighted by atomic mass is 9.83. The SMILES string of the molecule is CCc1ccc2c3c(sc2c1)=c1ccc2c4ccc5c6ccc7c8c(ccc(c9ccc(c%10ccc=3c1c2%10)c4c59)c86)=c1sc(C)cc1=7. The van der Waals surface area contributed by atoms with Crippen LogP contribution < -0.4 is 0 Å². The Labute approximate surface area is 275 Å². The molecule has 11 aromatic rings. The summed E-state index contributed by atoms with van der Waals surface area (Å²) in [6, 6.07) is 38.5. The molecule has 0 unspecified atom stereocenters. The first-order valence-electron chi connectivity index (χ1n) is 16.7. The maximum Gasteiger partial charge on any atom is 0.0440 e. The first kappa shape index (κ1) is 24.2. The highest BCUT2D eigenvalue weighted by Gasteiger charge is 2.22. The maximum atomic E-state index is 2.43. The summed E-state index contributed by atoms with van der Waals surface area (Å²) in [5, 5.41) is 29.5. The van der Waals surface area contributed by atoms with Gasteiger partial charge in [-0.2, -0.15) is 0 Å². The molecule has 0 saturated carbocycles. The van der Waals surface area contributed by atoms with Crippen LogP contribution in [0.15, 0.2) is 97.1 Å². The number of hydrogen-bond donors (Lipinski definition) is 0. The highest BCUT2D eigenvalue weighted by Crippen LogP contribution is 2.49. The second-order valence-electron chi connectivity index (χ2n) is 13.8. The van der Waals surface area contributed by atoms with Crippen molar-refractivity contribution in [1.82, 2.24) is 0 Å². The van der Waals surface area contributed by atoms with E-state index >= 15 is 0 Å². The van der Waals surface area contributed by atoms with Crippen LogP contribution in [0.3, 0.4) is 0 Å². The van der Waals surface area contributed by atoms with Crippen molar-refractivity contribution < 1.29 is 0 Å². The molecule has 0 bridgehead atoms. The van der Waals surface area contributed by atoms with E-state index in [2.05, 4.69) is 111 Å². The molecule has 47 heavy (non-hydrogen) atoms. The second-order valence-corrected chi connectivity index (χ2v) is 16.1. The molecule has 2 heterocycles. The summed E-state index contributed by atoms with van der Waals surface area (Å²) in [6.07, 6.45) is 1.07. The van der Waals surface area contributed by atoms with Crippen molar-refractivity contribution >= 4 is 108 Å². The van der Waals surface area contributed by atoms with Crippen LogP contribution in [0, 0.1) is 47.3 Å². The Hall–Kier alpha value is -5.02. The van der Waals surface area contributed by atoms with Crippen molar-refractivity contribution in [2.24, 2.45) is 0 Å². The average molecular weight is 629 g/mol. The summed E-state index contributed by atoms with van der Waals surface area (Å²) in [5.41, 5.74) is 1.42.